The van der Waals surface area contributed by atoms with Crippen molar-refractivity contribution in [1.82, 2.24) is 0 Å². The molecule has 8 aromatic carbocycles. The van der Waals surface area contributed by atoms with Gasteiger partial charge in [-0.25, -0.2) is 0 Å². The first-order chi connectivity index (χ1) is 24.9. The second-order valence-corrected chi connectivity index (χ2v) is 37.2. The average molecular weight is 802 g/mol. The molecule has 8 aromatic rings. The van der Waals surface area contributed by atoms with E-state index < -0.39 is 26.5 Å². The Bertz CT molecular complexity index is 2350. The summed E-state index contributed by atoms with van der Waals surface area (Å²) in [5.41, 5.74) is 6.31. The monoisotopic (exact) mass is 804 g/mol. The van der Waals surface area contributed by atoms with Crippen molar-refractivity contribution in [2.24, 2.45) is 0 Å². The number of hydrogen-bond donors (Lipinski definition) is 2. The number of nitrogens with zero attached hydrogens (tertiary/aromatic N) is 2. The Morgan fingerprint density at radius 2 is 0.635 bits per heavy atom. The van der Waals surface area contributed by atoms with Crippen LogP contribution in [0.25, 0.3) is 32.3 Å². The van der Waals surface area contributed by atoms with Crippen molar-refractivity contribution in [3.8, 4) is 11.5 Å². The van der Waals surface area contributed by atoms with Crippen LogP contribution in [0, 0.1) is 0 Å². The molecule has 0 atom stereocenters. The Morgan fingerprint density at radius 3 is 0.942 bits per heavy atom. The van der Waals surface area contributed by atoms with Gasteiger partial charge in [-0.05, 0) is 0 Å². The maximum atomic E-state index is 10.2. The van der Waals surface area contributed by atoms with Crippen LogP contribution in [0.1, 0.15) is 0 Å². The van der Waals surface area contributed by atoms with Crippen LogP contribution in [-0.2, 0) is 0 Å². The Morgan fingerprint density at radius 1 is 0.346 bits per heavy atom. The molecule has 8 rings (SSSR count). The summed E-state index contributed by atoms with van der Waals surface area (Å²) < 4.78 is 2.93. The summed E-state index contributed by atoms with van der Waals surface area (Å²) in [5.74, 6) is 15.0. The Hall–Kier alpha value is -4.91. The van der Waals surface area contributed by atoms with E-state index in [2.05, 4.69) is 141 Å². The molecule has 52 heavy (non-hydrogen) atoms. The van der Waals surface area contributed by atoms with Crippen molar-refractivity contribution in [3.05, 3.63) is 146 Å². The van der Waals surface area contributed by atoms with Gasteiger partial charge in [-0.3, -0.25) is 0 Å². The summed E-state index contributed by atoms with van der Waals surface area (Å²) in [6.45, 7) is 0. The summed E-state index contributed by atoms with van der Waals surface area (Å²) >= 11 is -4.05. The van der Waals surface area contributed by atoms with Crippen molar-refractivity contribution >= 4 is 102 Å². The SMILES string of the molecule is [CH3][Ge]([CH3])([CH3])[c]1ccc(N(c2ccc(O)cc2)c2ccc3ccc4c(N(c5ccc(O)cc5)c5cc[c]([Ge]([CH3])([CH3])[CH3])cc5)ccc5ccc2c3c54)cc1. The fraction of sp³-hybridized carbons (Fsp3) is 0.130. The van der Waals surface area contributed by atoms with E-state index in [1.807, 2.05) is 24.3 Å². The van der Waals surface area contributed by atoms with Gasteiger partial charge in [-0.1, -0.05) is 0 Å². The molecule has 2 N–H and O–H groups in total. The maximum absolute atomic E-state index is 10.2. The second kappa shape index (κ2) is 12.9. The van der Waals surface area contributed by atoms with Gasteiger partial charge in [0.05, 0.1) is 0 Å². The normalized spacial score (nSPS) is 12.2. The fourth-order valence-corrected chi connectivity index (χ4v) is 12.3. The molecular formula is C46H44Ge2N2O2. The first-order valence-corrected chi connectivity index (χ1v) is 32.7. The van der Waals surface area contributed by atoms with Gasteiger partial charge >= 0.3 is 313 Å². The van der Waals surface area contributed by atoms with E-state index >= 15 is 0 Å². The molecule has 0 radical (unpaired) electrons. The van der Waals surface area contributed by atoms with Gasteiger partial charge in [0, 0.05) is 0 Å². The molecule has 0 aromatic heterocycles. The zero-order valence-corrected chi connectivity index (χ0v) is 34.8. The summed E-state index contributed by atoms with van der Waals surface area (Å²) in [7, 11) is 0. The van der Waals surface area contributed by atoms with Gasteiger partial charge in [0.25, 0.3) is 0 Å². The van der Waals surface area contributed by atoms with Crippen LogP contribution >= 0.6 is 0 Å². The van der Waals surface area contributed by atoms with Crippen molar-refractivity contribution in [3.63, 3.8) is 0 Å². The first kappa shape index (κ1) is 34.2. The Balaban J connectivity index is 1.36. The predicted molar refractivity (Wildman–Crippen MR) is 229 cm³/mol. The van der Waals surface area contributed by atoms with Crippen LogP contribution in [0.15, 0.2) is 146 Å². The molecule has 0 aliphatic carbocycles. The summed E-state index contributed by atoms with van der Waals surface area (Å²) in [4.78, 5) is 4.63. The number of phenols is 2. The van der Waals surface area contributed by atoms with Crippen molar-refractivity contribution < 1.29 is 10.2 Å². The molecule has 0 saturated heterocycles. The van der Waals surface area contributed by atoms with Crippen LogP contribution in [0.4, 0.5) is 34.1 Å². The average Bonchev–Trinajstić information content (AvgIpc) is 3.13. The molecule has 0 aliphatic rings. The number of anilines is 6. The molecule has 0 aliphatic heterocycles. The van der Waals surface area contributed by atoms with Crippen LogP contribution in [-0.4, -0.2) is 36.7 Å². The number of rotatable bonds is 8. The van der Waals surface area contributed by atoms with Gasteiger partial charge < -0.3 is 0 Å². The van der Waals surface area contributed by atoms with Crippen LogP contribution < -0.4 is 18.6 Å². The Labute approximate surface area is 311 Å². The van der Waals surface area contributed by atoms with E-state index in [1.54, 1.807) is 24.3 Å². The minimum atomic E-state index is -2.02. The van der Waals surface area contributed by atoms with E-state index in [0.29, 0.717) is 0 Å². The quantitative estimate of drug-likeness (QED) is 0.119. The molecular weight excluding hydrogens is 758 g/mol. The molecule has 0 unspecified atom stereocenters. The first-order valence-electron chi connectivity index (χ1n) is 18.0. The molecule has 0 spiro atoms. The third-order valence-electron chi connectivity index (χ3n) is 10.3. The standard InChI is InChI=1S/C46H44Ge2N2O2/c1-47(2,3)33-11-15-35(16-12-33)49(37-19-23-39(51)24-20-37)43-29-9-31-8-28-42-44(30-10-32-7-27-41(43)45(31)46(32)42)50(38-21-25-40(52)26-22-38)36-17-13-34(14-18-36)48(4,5)6/h7-30,51-52H,1-6H3. The Kier molecular flexibility index (Phi) is 8.51. The van der Waals surface area contributed by atoms with Crippen LogP contribution in [0.2, 0.25) is 34.5 Å². The molecule has 6 heteroatoms. The summed E-state index contributed by atoms with van der Waals surface area (Å²) in [5, 5.41) is 27.6. The van der Waals surface area contributed by atoms with Gasteiger partial charge in [0.1, 0.15) is 0 Å². The molecule has 0 fully saturated rings. The van der Waals surface area contributed by atoms with E-state index in [-0.39, 0.29) is 11.5 Å². The molecule has 258 valence electrons. The minimum absolute atomic E-state index is 0.247. The van der Waals surface area contributed by atoms with Gasteiger partial charge in [0.15, 0.2) is 0 Å². The topological polar surface area (TPSA) is 46.9 Å². The van der Waals surface area contributed by atoms with Gasteiger partial charge in [0.2, 0.25) is 0 Å². The van der Waals surface area contributed by atoms with E-state index in [9.17, 15) is 10.2 Å². The number of hydrogen-bond acceptors (Lipinski definition) is 4. The second-order valence-electron chi connectivity index (χ2n) is 15.9. The molecule has 0 saturated carbocycles. The molecule has 0 bridgehead atoms. The van der Waals surface area contributed by atoms with Crippen molar-refractivity contribution in [1.29, 1.82) is 0 Å². The van der Waals surface area contributed by atoms with E-state index in [1.165, 1.54) is 30.3 Å². The molecule has 0 heterocycles. The van der Waals surface area contributed by atoms with Crippen LogP contribution in [0.3, 0.4) is 0 Å². The van der Waals surface area contributed by atoms with E-state index in [0.717, 1.165) is 44.9 Å². The van der Waals surface area contributed by atoms with Crippen molar-refractivity contribution in [2.75, 3.05) is 9.80 Å². The molecule has 0 amide bonds. The number of benzene rings is 8. The third-order valence-corrected chi connectivity index (χ3v) is 19.0. The van der Waals surface area contributed by atoms with Crippen LogP contribution in [0.5, 0.6) is 11.5 Å². The fourth-order valence-electron chi connectivity index (χ4n) is 7.44. The molecule has 4 nitrogen and oxygen atoms in total. The predicted octanol–water partition coefficient (Wildman–Crippen LogP) is 12.0. The number of phenolic OH excluding ortho intramolecular Hbond substituents is 2. The van der Waals surface area contributed by atoms with Crippen molar-refractivity contribution in [2.45, 2.75) is 34.5 Å². The van der Waals surface area contributed by atoms with Gasteiger partial charge in [-0.15, -0.1) is 0 Å². The zero-order chi connectivity index (χ0) is 36.4. The van der Waals surface area contributed by atoms with Gasteiger partial charge in [-0.2, -0.15) is 0 Å². The zero-order valence-electron chi connectivity index (χ0n) is 30.6. The number of aromatic hydroxyl groups is 2. The summed E-state index contributed by atoms with van der Waals surface area (Å²) in [6, 6.07) is 51.2. The third kappa shape index (κ3) is 6.18. The summed E-state index contributed by atoms with van der Waals surface area (Å²) in [6.07, 6.45) is 0. The van der Waals surface area contributed by atoms with E-state index in [4.69, 9.17) is 0 Å².